The van der Waals surface area contributed by atoms with Crippen LogP contribution in [0.25, 0.3) is 11.1 Å². The van der Waals surface area contributed by atoms with E-state index in [9.17, 15) is 0 Å². The van der Waals surface area contributed by atoms with Gasteiger partial charge < -0.3 is 0 Å². The van der Waals surface area contributed by atoms with Crippen LogP contribution in [0, 0.1) is 13.8 Å². The molecule has 0 bridgehead atoms. The molecule has 0 fully saturated rings. The van der Waals surface area contributed by atoms with Crippen molar-refractivity contribution < 1.29 is 0 Å². The van der Waals surface area contributed by atoms with Crippen molar-refractivity contribution in [2.24, 2.45) is 0 Å². The number of fused-ring (bicyclic) bond motifs is 3. The molecule has 1 aliphatic carbocycles. The van der Waals surface area contributed by atoms with Crippen LogP contribution in [0.3, 0.4) is 0 Å². The van der Waals surface area contributed by atoms with Crippen molar-refractivity contribution in [3.8, 4) is 11.1 Å². The highest BCUT2D eigenvalue weighted by molar-refractivity contribution is 5.88. The van der Waals surface area contributed by atoms with Gasteiger partial charge in [0, 0.05) is 0 Å². The zero-order valence-corrected chi connectivity index (χ0v) is 15.7. The fourth-order valence-corrected chi connectivity index (χ4v) is 4.96. The zero-order valence-electron chi connectivity index (χ0n) is 15.7. The monoisotopic (exact) mass is 346 g/mol. The summed E-state index contributed by atoms with van der Waals surface area (Å²) >= 11 is 0. The van der Waals surface area contributed by atoms with E-state index in [1.165, 1.54) is 44.5 Å². The second-order valence-corrected chi connectivity index (χ2v) is 7.53. The second kappa shape index (κ2) is 5.96. The van der Waals surface area contributed by atoms with Crippen LogP contribution < -0.4 is 0 Å². The molecular weight excluding hydrogens is 324 g/mol. The lowest BCUT2D eigenvalue weighted by atomic mass is 9.67. The van der Waals surface area contributed by atoms with Gasteiger partial charge in [-0.2, -0.15) is 0 Å². The average Bonchev–Trinajstić information content (AvgIpc) is 3.00. The first-order valence-electron chi connectivity index (χ1n) is 9.55. The maximum Gasteiger partial charge on any atom is 0.0713 e. The third-order valence-corrected chi connectivity index (χ3v) is 5.90. The van der Waals surface area contributed by atoms with E-state index in [0.29, 0.717) is 0 Å². The second-order valence-electron chi connectivity index (χ2n) is 7.53. The van der Waals surface area contributed by atoms with Crippen LogP contribution in [-0.4, -0.2) is 0 Å². The number of aryl methyl sites for hydroxylation is 2. The van der Waals surface area contributed by atoms with Gasteiger partial charge in [-0.05, 0) is 52.8 Å². The maximum atomic E-state index is 2.39. The van der Waals surface area contributed by atoms with Crippen LogP contribution in [0.1, 0.15) is 33.4 Å². The van der Waals surface area contributed by atoms with Crippen molar-refractivity contribution in [3.05, 3.63) is 130 Å². The molecule has 0 saturated carbocycles. The number of rotatable bonds is 2. The molecule has 130 valence electrons. The zero-order chi connectivity index (χ0) is 18.4. The summed E-state index contributed by atoms with van der Waals surface area (Å²) in [6.45, 7) is 4.45. The van der Waals surface area contributed by atoms with Gasteiger partial charge >= 0.3 is 0 Å². The predicted molar refractivity (Wildman–Crippen MR) is 113 cm³/mol. The standard InChI is InChI=1S/C27H22/c1-19-17-20(2)26-23-15-9-10-16-24(23)27(25(26)18-19,21-11-5-3-6-12-21)22-13-7-4-8-14-22/h3-18H,1-2H3. The van der Waals surface area contributed by atoms with Gasteiger partial charge in [-0.15, -0.1) is 0 Å². The number of benzene rings is 4. The maximum absolute atomic E-state index is 2.39. The lowest BCUT2D eigenvalue weighted by molar-refractivity contribution is 0.767. The van der Waals surface area contributed by atoms with Gasteiger partial charge in [0.25, 0.3) is 0 Å². The first-order chi connectivity index (χ1) is 13.2. The van der Waals surface area contributed by atoms with Gasteiger partial charge in [-0.1, -0.05) is 103 Å². The van der Waals surface area contributed by atoms with Crippen molar-refractivity contribution in [3.63, 3.8) is 0 Å². The highest BCUT2D eigenvalue weighted by atomic mass is 14.5. The van der Waals surface area contributed by atoms with Crippen LogP contribution in [0.2, 0.25) is 0 Å². The molecule has 1 aliphatic rings. The van der Waals surface area contributed by atoms with Crippen LogP contribution >= 0.6 is 0 Å². The topological polar surface area (TPSA) is 0 Å². The SMILES string of the molecule is Cc1cc(C)c2c(c1)C(c1ccccc1)(c1ccccc1)c1ccccc1-2. The molecule has 27 heavy (non-hydrogen) atoms. The van der Waals surface area contributed by atoms with Gasteiger partial charge in [-0.25, -0.2) is 0 Å². The Morgan fingerprint density at radius 3 is 1.74 bits per heavy atom. The lowest BCUT2D eigenvalue weighted by Gasteiger charge is -2.34. The minimum absolute atomic E-state index is 0.273. The molecule has 0 saturated heterocycles. The molecule has 0 spiro atoms. The Hall–Kier alpha value is -3.12. The molecule has 0 unspecified atom stereocenters. The Bertz CT molecular complexity index is 1080. The highest BCUT2D eigenvalue weighted by Gasteiger charge is 2.46. The third kappa shape index (κ3) is 2.16. The summed E-state index contributed by atoms with van der Waals surface area (Å²) in [5, 5.41) is 0. The summed E-state index contributed by atoms with van der Waals surface area (Å²) in [6, 6.07) is 35.6. The van der Waals surface area contributed by atoms with Gasteiger partial charge in [0.05, 0.1) is 5.41 Å². The molecule has 4 aromatic carbocycles. The van der Waals surface area contributed by atoms with Crippen LogP contribution in [0.5, 0.6) is 0 Å². The fourth-order valence-electron chi connectivity index (χ4n) is 4.96. The summed E-state index contributed by atoms with van der Waals surface area (Å²) < 4.78 is 0. The van der Waals surface area contributed by atoms with Gasteiger partial charge in [0.2, 0.25) is 0 Å². The first-order valence-corrected chi connectivity index (χ1v) is 9.55. The Morgan fingerprint density at radius 2 is 1.11 bits per heavy atom. The van der Waals surface area contributed by atoms with Gasteiger partial charge in [0.15, 0.2) is 0 Å². The van der Waals surface area contributed by atoms with E-state index in [2.05, 4.69) is 111 Å². The quantitative estimate of drug-likeness (QED) is 0.335. The molecule has 0 N–H and O–H groups in total. The molecular formula is C27H22. The molecule has 0 radical (unpaired) electrons. The fraction of sp³-hybridized carbons (Fsp3) is 0.111. The molecule has 5 rings (SSSR count). The molecule has 0 heterocycles. The molecule has 0 aliphatic heterocycles. The number of hydrogen-bond acceptors (Lipinski definition) is 0. The Morgan fingerprint density at radius 1 is 0.556 bits per heavy atom. The summed E-state index contributed by atoms with van der Waals surface area (Å²) in [6.07, 6.45) is 0. The van der Waals surface area contributed by atoms with Crippen molar-refractivity contribution in [1.29, 1.82) is 0 Å². The minimum atomic E-state index is -0.273. The van der Waals surface area contributed by atoms with E-state index in [0.717, 1.165) is 0 Å². The Labute approximate surface area is 161 Å². The van der Waals surface area contributed by atoms with E-state index in [1.54, 1.807) is 0 Å². The smallest absolute Gasteiger partial charge is 0.0622 e. The van der Waals surface area contributed by atoms with Crippen molar-refractivity contribution >= 4 is 0 Å². The molecule has 0 atom stereocenters. The predicted octanol–water partition coefficient (Wildman–Crippen LogP) is 6.67. The van der Waals surface area contributed by atoms with E-state index in [4.69, 9.17) is 0 Å². The van der Waals surface area contributed by atoms with Crippen LogP contribution in [-0.2, 0) is 5.41 Å². The molecule has 4 aromatic rings. The third-order valence-electron chi connectivity index (χ3n) is 5.90. The average molecular weight is 346 g/mol. The van der Waals surface area contributed by atoms with E-state index in [1.807, 2.05) is 0 Å². The van der Waals surface area contributed by atoms with Crippen LogP contribution in [0.4, 0.5) is 0 Å². The van der Waals surface area contributed by atoms with Crippen molar-refractivity contribution in [1.82, 2.24) is 0 Å². The van der Waals surface area contributed by atoms with Gasteiger partial charge in [-0.3, -0.25) is 0 Å². The molecule has 0 aromatic heterocycles. The lowest BCUT2D eigenvalue weighted by Crippen LogP contribution is -2.28. The largest absolute Gasteiger partial charge is 0.0713 e. The summed E-state index contributed by atoms with van der Waals surface area (Å²) in [7, 11) is 0. The summed E-state index contributed by atoms with van der Waals surface area (Å²) in [5.74, 6) is 0. The van der Waals surface area contributed by atoms with Crippen molar-refractivity contribution in [2.75, 3.05) is 0 Å². The molecule has 0 amide bonds. The van der Waals surface area contributed by atoms with E-state index in [-0.39, 0.29) is 5.41 Å². The number of hydrogen-bond donors (Lipinski definition) is 0. The highest BCUT2D eigenvalue weighted by Crippen LogP contribution is 2.56. The van der Waals surface area contributed by atoms with Crippen LogP contribution in [0.15, 0.2) is 97.1 Å². The Kier molecular flexibility index (Phi) is 3.55. The van der Waals surface area contributed by atoms with Gasteiger partial charge in [0.1, 0.15) is 0 Å². The normalized spacial score (nSPS) is 13.9. The Balaban J connectivity index is 2.01. The van der Waals surface area contributed by atoms with Crippen molar-refractivity contribution in [2.45, 2.75) is 19.3 Å². The summed E-state index contributed by atoms with van der Waals surface area (Å²) in [4.78, 5) is 0. The van der Waals surface area contributed by atoms with E-state index >= 15 is 0 Å². The summed E-state index contributed by atoms with van der Waals surface area (Å²) in [5.41, 5.74) is 10.6. The molecule has 0 nitrogen and oxygen atoms in total. The first kappa shape index (κ1) is 16.1. The molecule has 0 heteroatoms. The minimum Gasteiger partial charge on any atom is -0.0622 e. The van der Waals surface area contributed by atoms with E-state index < -0.39 is 0 Å².